The van der Waals surface area contributed by atoms with Crippen LogP contribution in [0.4, 0.5) is 0 Å². The Morgan fingerprint density at radius 2 is 1.96 bits per heavy atom. The van der Waals surface area contributed by atoms with Crippen LogP contribution in [0, 0.1) is 11.3 Å². The van der Waals surface area contributed by atoms with Crippen LogP contribution in [0.2, 0.25) is 0 Å². The molecule has 2 fully saturated rings. The maximum Gasteiger partial charge on any atom is 0.191 e. The van der Waals surface area contributed by atoms with Crippen LogP contribution in [0.1, 0.15) is 51.5 Å². The van der Waals surface area contributed by atoms with Crippen molar-refractivity contribution in [2.75, 3.05) is 19.6 Å². The van der Waals surface area contributed by atoms with Gasteiger partial charge in [-0.3, -0.25) is 0 Å². The molecule has 2 aliphatic rings. The van der Waals surface area contributed by atoms with E-state index >= 15 is 0 Å². The molecule has 1 aromatic rings. The number of nitrogens with zero attached hydrogens (tertiary/aromatic N) is 1. The summed E-state index contributed by atoms with van der Waals surface area (Å²) in [6, 6.07) is 9.77. The first kappa shape index (κ1) is 17.3. The molecule has 4 nitrogen and oxygen atoms in total. The van der Waals surface area contributed by atoms with Crippen molar-refractivity contribution >= 4 is 5.96 Å². The van der Waals surface area contributed by atoms with E-state index in [-0.39, 0.29) is 0 Å². The summed E-state index contributed by atoms with van der Waals surface area (Å²) in [5.74, 6) is 1.75. The molecule has 132 valence electrons. The van der Waals surface area contributed by atoms with E-state index in [1.54, 1.807) is 0 Å². The zero-order valence-electron chi connectivity index (χ0n) is 15.0. The summed E-state index contributed by atoms with van der Waals surface area (Å²) < 4.78 is 0. The van der Waals surface area contributed by atoms with Crippen LogP contribution in [0.25, 0.3) is 0 Å². The molecule has 1 unspecified atom stereocenters. The molecule has 24 heavy (non-hydrogen) atoms. The van der Waals surface area contributed by atoms with Gasteiger partial charge in [-0.15, -0.1) is 0 Å². The second kappa shape index (κ2) is 7.14. The molecule has 2 aliphatic carbocycles. The molecule has 1 aromatic carbocycles. The van der Waals surface area contributed by atoms with E-state index in [2.05, 4.69) is 22.5 Å². The van der Waals surface area contributed by atoms with Crippen LogP contribution in [-0.4, -0.2) is 30.7 Å². The maximum absolute atomic E-state index is 10.7. The monoisotopic (exact) mass is 329 g/mol. The first-order valence-corrected chi connectivity index (χ1v) is 9.36. The molecular formula is C20H31N3O. The molecule has 0 aliphatic heterocycles. The lowest BCUT2D eigenvalue weighted by molar-refractivity contribution is 0.0671. The molecule has 0 bridgehead atoms. The van der Waals surface area contributed by atoms with Crippen molar-refractivity contribution in [2.45, 2.75) is 51.6 Å². The van der Waals surface area contributed by atoms with E-state index < -0.39 is 5.60 Å². The van der Waals surface area contributed by atoms with Gasteiger partial charge >= 0.3 is 0 Å². The number of nitrogens with one attached hydrogen (secondary N) is 2. The second-order valence-electron chi connectivity index (χ2n) is 7.68. The molecule has 0 spiro atoms. The van der Waals surface area contributed by atoms with E-state index in [4.69, 9.17) is 0 Å². The van der Waals surface area contributed by atoms with Gasteiger partial charge in [-0.2, -0.15) is 0 Å². The lowest BCUT2D eigenvalue weighted by Crippen LogP contribution is -2.48. The highest BCUT2D eigenvalue weighted by Gasteiger charge is 2.48. The third kappa shape index (κ3) is 3.92. The highest BCUT2D eigenvalue weighted by molar-refractivity contribution is 5.79. The van der Waals surface area contributed by atoms with Gasteiger partial charge in [-0.05, 0) is 56.4 Å². The van der Waals surface area contributed by atoms with Crippen molar-refractivity contribution in [3.63, 3.8) is 0 Å². The second-order valence-corrected chi connectivity index (χ2v) is 7.68. The molecule has 4 heteroatoms. The molecule has 3 N–H and O–H groups in total. The van der Waals surface area contributed by atoms with Gasteiger partial charge in [0.05, 0.1) is 6.54 Å². The van der Waals surface area contributed by atoms with E-state index in [0.29, 0.717) is 12.0 Å². The van der Waals surface area contributed by atoms with Gasteiger partial charge in [-0.1, -0.05) is 36.8 Å². The van der Waals surface area contributed by atoms with Crippen LogP contribution in [-0.2, 0) is 5.60 Å². The molecule has 0 amide bonds. The number of aliphatic imine (C=N–C) groups is 1. The molecular weight excluding hydrogens is 298 g/mol. The Labute approximate surface area is 145 Å². The summed E-state index contributed by atoms with van der Waals surface area (Å²) in [5, 5.41) is 17.6. The minimum Gasteiger partial charge on any atom is -0.384 e. The van der Waals surface area contributed by atoms with Crippen LogP contribution >= 0.6 is 0 Å². The van der Waals surface area contributed by atoms with Crippen molar-refractivity contribution < 1.29 is 5.11 Å². The largest absolute Gasteiger partial charge is 0.384 e. The van der Waals surface area contributed by atoms with E-state index in [0.717, 1.165) is 30.5 Å². The zero-order valence-corrected chi connectivity index (χ0v) is 15.0. The summed E-state index contributed by atoms with van der Waals surface area (Å²) in [5.41, 5.74) is 0.463. The Hall–Kier alpha value is -1.55. The molecule has 2 saturated carbocycles. The lowest BCUT2D eigenvalue weighted by Gasteiger charge is -2.43. The first-order valence-electron chi connectivity index (χ1n) is 9.36. The number of hydrogen-bond acceptors (Lipinski definition) is 2. The molecule has 3 rings (SSSR count). The van der Waals surface area contributed by atoms with Crippen molar-refractivity contribution in [1.82, 2.24) is 10.6 Å². The first-order chi connectivity index (χ1) is 11.6. The number of rotatable bonds is 7. The molecule has 1 atom stereocenters. The molecule has 0 heterocycles. The molecule has 0 aromatic heterocycles. The topological polar surface area (TPSA) is 56.7 Å². The van der Waals surface area contributed by atoms with Gasteiger partial charge in [-0.25, -0.2) is 4.99 Å². The van der Waals surface area contributed by atoms with Crippen molar-refractivity contribution in [3.05, 3.63) is 35.9 Å². The van der Waals surface area contributed by atoms with Crippen LogP contribution < -0.4 is 10.6 Å². The van der Waals surface area contributed by atoms with Crippen LogP contribution in [0.3, 0.4) is 0 Å². The number of benzene rings is 1. The normalized spacial score (nSPS) is 22.4. The summed E-state index contributed by atoms with van der Waals surface area (Å²) in [4.78, 5) is 4.65. The highest BCUT2D eigenvalue weighted by atomic mass is 16.3. The fourth-order valence-corrected chi connectivity index (χ4v) is 3.78. The van der Waals surface area contributed by atoms with Crippen LogP contribution in [0.5, 0.6) is 0 Å². The summed E-state index contributed by atoms with van der Waals surface area (Å²) in [7, 11) is 0. The third-order valence-electron chi connectivity index (χ3n) is 5.69. The van der Waals surface area contributed by atoms with Gasteiger partial charge in [0.25, 0.3) is 0 Å². The SMILES string of the molecule is CCNC(=NCC(C)(O)c1ccccc1)NCC1(C2CC2)CCC1. The number of aliphatic hydroxyl groups is 1. The molecule has 0 radical (unpaired) electrons. The average Bonchev–Trinajstić information content (AvgIpc) is 3.37. The smallest absolute Gasteiger partial charge is 0.191 e. The average molecular weight is 329 g/mol. The summed E-state index contributed by atoms with van der Waals surface area (Å²) in [6.07, 6.45) is 6.88. The van der Waals surface area contributed by atoms with Crippen LogP contribution in [0.15, 0.2) is 35.3 Å². The standard InChI is InChI=1S/C20H31N3O/c1-3-21-18(23-15-20(12-7-13-20)17-10-11-17)22-14-19(2,24)16-8-5-4-6-9-16/h4-6,8-9,17,24H,3,7,10-15H2,1-2H3,(H2,21,22,23). The fourth-order valence-electron chi connectivity index (χ4n) is 3.78. The zero-order chi connectivity index (χ0) is 17.0. The van der Waals surface area contributed by atoms with Gasteiger partial charge in [0.2, 0.25) is 0 Å². The Morgan fingerprint density at radius 3 is 2.50 bits per heavy atom. The van der Waals surface area contributed by atoms with E-state index in [1.165, 1.54) is 32.1 Å². The molecule has 0 saturated heterocycles. The Morgan fingerprint density at radius 1 is 1.25 bits per heavy atom. The van der Waals surface area contributed by atoms with Gasteiger partial charge in [0, 0.05) is 13.1 Å². The minimum atomic E-state index is -0.950. The maximum atomic E-state index is 10.7. The van der Waals surface area contributed by atoms with Gasteiger partial charge < -0.3 is 15.7 Å². The quantitative estimate of drug-likeness (QED) is 0.532. The summed E-state index contributed by atoms with van der Waals surface area (Å²) >= 11 is 0. The fraction of sp³-hybridized carbons (Fsp3) is 0.650. The highest BCUT2D eigenvalue weighted by Crippen LogP contribution is 2.56. The Balaban J connectivity index is 1.61. The predicted molar refractivity (Wildman–Crippen MR) is 99.0 cm³/mol. The number of guanidine groups is 1. The van der Waals surface area contributed by atoms with E-state index in [1.807, 2.05) is 37.3 Å². The van der Waals surface area contributed by atoms with Crippen molar-refractivity contribution in [2.24, 2.45) is 16.3 Å². The Kier molecular flexibility index (Phi) is 5.14. The van der Waals surface area contributed by atoms with E-state index in [9.17, 15) is 5.11 Å². The van der Waals surface area contributed by atoms with Gasteiger partial charge in [0.1, 0.15) is 5.60 Å². The van der Waals surface area contributed by atoms with Crippen molar-refractivity contribution in [1.29, 1.82) is 0 Å². The Bertz CT molecular complexity index is 560. The minimum absolute atomic E-state index is 0.350. The lowest BCUT2D eigenvalue weighted by atomic mass is 9.65. The number of hydrogen-bond donors (Lipinski definition) is 3. The predicted octanol–water partition coefficient (Wildman–Crippen LogP) is 3.03. The third-order valence-corrected chi connectivity index (χ3v) is 5.69. The van der Waals surface area contributed by atoms with Gasteiger partial charge in [0.15, 0.2) is 5.96 Å². The summed E-state index contributed by atoms with van der Waals surface area (Å²) in [6.45, 7) is 6.09. The van der Waals surface area contributed by atoms with Crippen molar-refractivity contribution in [3.8, 4) is 0 Å².